The van der Waals surface area contributed by atoms with Gasteiger partial charge in [-0.1, -0.05) is 13.0 Å². The third-order valence-electron chi connectivity index (χ3n) is 3.80. The van der Waals surface area contributed by atoms with Crippen LogP contribution in [0.4, 0.5) is 0 Å². The van der Waals surface area contributed by atoms with Crippen LogP contribution in [0.3, 0.4) is 0 Å². The molecule has 21 heavy (non-hydrogen) atoms. The van der Waals surface area contributed by atoms with Crippen LogP contribution in [0.2, 0.25) is 0 Å². The number of carbonyl (C=O) groups excluding carboxylic acids is 1. The van der Waals surface area contributed by atoms with E-state index in [0.717, 1.165) is 6.42 Å². The normalized spacial score (nSPS) is 22.5. The van der Waals surface area contributed by atoms with Gasteiger partial charge in [-0.05, 0) is 37.0 Å². The fourth-order valence-electron chi connectivity index (χ4n) is 2.28. The first-order valence-electron chi connectivity index (χ1n) is 6.75. The van der Waals surface area contributed by atoms with E-state index in [1.165, 1.54) is 19.2 Å². The van der Waals surface area contributed by atoms with Crippen molar-refractivity contribution < 1.29 is 17.9 Å². The summed E-state index contributed by atoms with van der Waals surface area (Å²) in [6.45, 7) is 3.83. The Bertz CT molecular complexity index is 657. The summed E-state index contributed by atoms with van der Waals surface area (Å²) in [6, 6.07) is 4.40. The van der Waals surface area contributed by atoms with Crippen LogP contribution in [-0.4, -0.2) is 21.4 Å². The maximum absolute atomic E-state index is 11.9. The highest BCUT2D eigenvalue weighted by atomic mass is 32.2. The zero-order valence-electron chi connectivity index (χ0n) is 12.3. The van der Waals surface area contributed by atoms with Crippen LogP contribution in [-0.2, 0) is 14.8 Å². The summed E-state index contributed by atoms with van der Waals surface area (Å²) < 4.78 is 28.2. The fraction of sp³-hybridized carbons (Fsp3) is 0.500. The summed E-state index contributed by atoms with van der Waals surface area (Å²) in [5.74, 6) is 0.690. The second-order valence-corrected chi connectivity index (χ2v) is 7.03. The number of amides is 1. The van der Waals surface area contributed by atoms with E-state index >= 15 is 0 Å². The predicted molar refractivity (Wildman–Crippen MR) is 78.2 cm³/mol. The number of methoxy groups -OCH3 is 1. The monoisotopic (exact) mass is 312 g/mol. The van der Waals surface area contributed by atoms with Crippen molar-refractivity contribution in [1.29, 1.82) is 0 Å². The lowest BCUT2D eigenvalue weighted by atomic mass is 10.1. The largest absolute Gasteiger partial charge is 0.495 e. The van der Waals surface area contributed by atoms with Gasteiger partial charge in [-0.3, -0.25) is 4.79 Å². The molecule has 3 atom stereocenters. The summed E-state index contributed by atoms with van der Waals surface area (Å²) in [5.41, 5.74) is 0.668. The molecule has 1 fully saturated rings. The molecule has 0 aliphatic heterocycles. The van der Waals surface area contributed by atoms with E-state index < -0.39 is 10.0 Å². The third kappa shape index (κ3) is 3.54. The second kappa shape index (κ2) is 5.65. The average molecular weight is 312 g/mol. The summed E-state index contributed by atoms with van der Waals surface area (Å²) in [7, 11) is -2.50. The number of hydrogen-bond acceptors (Lipinski definition) is 4. The highest BCUT2D eigenvalue weighted by Crippen LogP contribution is 2.38. The van der Waals surface area contributed by atoms with E-state index in [1.807, 2.05) is 6.92 Å². The lowest BCUT2D eigenvalue weighted by molar-refractivity contribution is -0.123. The van der Waals surface area contributed by atoms with Gasteiger partial charge < -0.3 is 10.1 Å². The molecule has 1 aromatic rings. The van der Waals surface area contributed by atoms with Crippen LogP contribution in [0.1, 0.15) is 31.9 Å². The Balaban J connectivity index is 2.21. The Kier molecular flexibility index (Phi) is 4.25. The average Bonchev–Trinajstić information content (AvgIpc) is 3.14. The molecule has 1 aliphatic carbocycles. The molecule has 2 rings (SSSR count). The Labute approximate surface area is 124 Å². The van der Waals surface area contributed by atoms with Crippen molar-refractivity contribution >= 4 is 15.9 Å². The van der Waals surface area contributed by atoms with Crippen molar-refractivity contribution in [2.75, 3.05) is 7.11 Å². The number of carbonyl (C=O) groups is 1. The molecule has 116 valence electrons. The van der Waals surface area contributed by atoms with Gasteiger partial charge >= 0.3 is 0 Å². The molecular formula is C14H20N2O4S. The molecule has 0 aromatic heterocycles. The molecule has 1 amide bonds. The molecule has 0 radical (unpaired) electrons. The number of primary sulfonamides is 1. The maximum atomic E-state index is 11.9. The van der Waals surface area contributed by atoms with Gasteiger partial charge in [0, 0.05) is 5.92 Å². The standard InChI is InChI=1S/C14H20N2O4S/c1-8-6-11(8)14(17)16-9(2)10-4-5-12(20-3)13(7-10)21(15,18)19/h4-5,7-9,11H,6H2,1-3H3,(H,16,17)(H2,15,18,19). The van der Waals surface area contributed by atoms with Gasteiger partial charge in [0.25, 0.3) is 0 Å². The molecule has 3 N–H and O–H groups in total. The number of benzene rings is 1. The van der Waals surface area contributed by atoms with E-state index in [0.29, 0.717) is 11.5 Å². The van der Waals surface area contributed by atoms with E-state index in [9.17, 15) is 13.2 Å². The fourth-order valence-corrected chi connectivity index (χ4v) is 3.01. The van der Waals surface area contributed by atoms with E-state index in [2.05, 4.69) is 5.32 Å². The highest BCUT2D eigenvalue weighted by Gasteiger charge is 2.39. The molecular weight excluding hydrogens is 292 g/mol. The van der Waals surface area contributed by atoms with Crippen molar-refractivity contribution in [3.05, 3.63) is 23.8 Å². The Morgan fingerprint density at radius 1 is 1.48 bits per heavy atom. The maximum Gasteiger partial charge on any atom is 0.241 e. The molecule has 0 spiro atoms. The SMILES string of the molecule is COc1ccc(C(C)NC(=O)C2CC2C)cc1S(N)(=O)=O. The number of ether oxygens (including phenoxy) is 1. The van der Waals surface area contributed by atoms with Gasteiger partial charge in [-0.15, -0.1) is 0 Å². The second-order valence-electron chi connectivity index (χ2n) is 5.51. The number of sulfonamides is 1. The molecule has 0 bridgehead atoms. The van der Waals surface area contributed by atoms with Gasteiger partial charge in [0.2, 0.25) is 15.9 Å². The molecule has 7 heteroatoms. The van der Waals surface area contributed by atoms with Crippen LogP contribution in [0.5, 0.6) is 5.75 Å². The summed E-state index contributed by atoms with van der Waals surface area (Å²) in [4.78, 5) is 11.8. The number of hydrogen-bond donors (Lipinski definition) is 2. The Morgan fingerprint density at radius 3 is 2.57 bits per heavy atom. The third-order valence-corrected chi connectivity index (χ3v) is 4.73. The van der Waals surface area contributed by atoms with Crippen molar-refractivity contribution in [2.45, 2.75) is 31.2 Å². The first-order valence-corrected chi connectivity index (χ1v) is 8.29. The predicted octanol–water partition coefficient (Wildman–Crippen LogP) is 1.18. The van der Waals surface area contributed by atoms with Gasteiger partial charge in [0.05, 0.1) is 13.2 Å². The molecule has 1 saturated carbocycles. The summed E-state index contributed by atoms with van der Waals surface area (Å²) >= 11 is 0. The van der Waals surface area contributed by atoms with Crippen LogP contribution in [0.25, 0.3) is 0 Å². The Hall–Kier alpha value is -1.60. The van der Waals surface area contributed by atoms with Crippen molar-refractivity contribution in [3.8, 4) is 5.75 Å². The summed E-state index contributed by atoms with van der Waals surface area (Å²) in [5, 5.41) is 8.07. The van der Waals surface area contributed by atoms with Gasteiger partial charge in [-0.2, -0.15) is 0 Å². The lowest BCUT2D eigenvalue weighted by Crippen LogP contribution is -2.28. The minimum absolute atomic E-state index is 0.00275. The molecule has 3 unspecified atom stereocenters. The highest BCUT2D eigenvalue weighted by molar-refractivity contribution is 7.89. The molecule has 1 aliphatic rings. The van der Waals surface area contributed by atoms with Crippen LogP contribution in [0.15, 0.2) is 23.1 Å². The molecule has 0 heterocycles. The van der Waals surface area contributed by atoms with Gasteiger partial charge in [0.15, 0.2) is 0 Å². The molecule has 1 aromatic carbocycles. The minimum Gasteiger partial charge on any atom is -0.495 e. The van der Waals surface area contributed by atoms with Gasteiger partial charge in [-0.25, -0.2) is 13.6 Å². The molecule has 0 saturated heterocycles. The lowest BCUT2D eigenvalue weighted by Gasteiger charge is -2.16. The summed E-state index contributed by atoms with van der Waals surface area (Å²) in [6.07, 6.45) is 0.906. The van der Waals surface area contributed by atoms with Crippen molar-refractivity contribution in [3.63, 3.8) is 0 Å². The van der Waals surface area contributed by atoms with Crippen LogP contribution >= 0.6 is 0 Å². The quantitative estimate of drug-likeness (QED) is 0.852. The van der Waals surface area contributed by atoms with E-state index in [4.69, 9.17) is 9.88 Å². The van der Waals surface area contributed by atoms with Crippen LogP contribution in [0, 0.1) is 11.8 Å². The van der Waals surface area contributed by atoms with E-state index in [-0.39, 0.29) is 28.5 Å². The first kappa shape index (κ1) is 15.8. The number of nitrogens with one attached hydrogen (secondary N) is 1. The zero-order valence-corrected chi connectivity index (χ0v) is 13.1. The zero-order chi connectivity index (χ0) is 15.8. The van der Waals surface area contributed by atoms with Gasteiger partial charge in [0.1, 0.15) is 10.6 Å². The van der Waals surface area contributed by atoms with Crippen molar-refractivity contribution in [2.24, 2.45) is 17.0 Å². The first-order chi connectivity index (χ1) is 9.74. The smallest absolute Gasteiger partial charge is 0.241 e. The number of rotatable bonds is 5. The number of nitrogens with two attached hydrogens (primary N) is 1. The van der Waals surface area contributed by atoms with Crippen LogP contribution < -0.4 is 15.2 Å². The Morgan fingerprint density at radius 2 is 2.10 bits per heavy atom. The molecule has 6 nitrogen and oxygen atoms in total. The van der Waals surface area contributed by atoms with Crippen molar-refractivity contribution in [1.82, 2.24) is 5.32 Å². The topological polar surface area (TPSA) is 98.5 Å². The van der Waals surface area contributed by atoms with E-state index in [1.54, 1.807) is 13.0 Å². The minimum atomic E-state index is -3.88.